The number of benzene rings is 1. The third-order valence-corrected chi connectivity index (χ3v) is 2.44. The van der Waals surface area contributed by atoms with Gasteiger partial charge < -0.3 is 11.1 Å². The van der Waals surface area contributed by atoms with Crippen LogP contribution >= 0.6 is 0 Å². The van der Waals surface area contributed by atoms with Crippen molar-refractivity contribution in [3.8, 4) is 0 Å². The van der Waals surface area contributed by atoms with Crippen molar-refractivity contribution in [1.29, 1.82) is 0 Å². The zero-order valence-electron chi connectivity index (χ0n) is 9.74. The molecule has 0 saturated carbocycles. The van der Waals surface area contributed by atoms with Crippen LogP contribution in [0.5, 0.6) is 0 Å². The Balaban J connectivity index is 2.26. The number of hydrogen-bond donors (Lipinski definition) is 2. The highest BCUT2D eigenvalue weighted by Gasteiger charge is 2.13. The van der Waals surface area contributed by atoms with E-state index in [2.05, 4.69) is 10.3 Å². The van der Waals surface area contributed by atoms with Crippen molar-refractivity contribution in [2.45, 2.75) is 0 Å². The molecule has 0 saturated heterocycles. The van der Waals surface area contributed by atoms with Crippen molar-refractivity contribution in [3.63, 3.8) is 0 Å². The second-order valence-electron chi connectivity index (χ2n) is 3.72. The van der Waals surface area contributed by atoms with Crippen molar-refractivity contribution in [2.75, 3.05) is 5.32 Å². The molecule has 0 spiro atoms. The van der Waals surface area contributed by atoms with Crippen LogP contribution in [0, 0.1) is 10.1 Å². The SMILES string of the molecule is NC(=O)c1ccc(Nc2cnccc2[N+](=O)[O-])cc1. The van der Waals surface area contributed by atoms with Crippen LogP contribution in [0.2, 0.25) is 0 Å². The van der Waals surface area contributed by atoms with Gasteiger partial charge in [0.25, 0.3) is 5.69 Å². The summed E-state index contributed by atoms with van der Waals surface area (Å²) in [5.41, 5.74) is 6.29. The number of aromatic nitrogens is 1. The molecule has 0 aliphatic carbocycles. The predicted molar refractivity (Wildman–Crippen MR) is 69.1 cm³/mol. The first-order valence-electron chi connectivity index (χ1n) is 5.33. The van der Waals surface area contributed by atoms with E-state index in [0.29, 0.717) is 11.3 Å². The molecule has 7 heteroatoms. The largest absolute Gasteiger partial charge is 0.366 e. The van der Waals surface area contributed by atoms with E-state index in [1.165, 1.54) is 30.6 Å². The maximum Gasteiger partial charge on any atom is 0.295 e. The highest BCUT2D eigenvalue weighted by atomic mass is 16.6. The van der Waals surface area contributed by atoms with Crippen LogP contribution in [0.1, 0.15) is 10.4 Å². The molecule has 7 nitrogen and oxygen atoms in total. The van der Waals surface area contributed by atoms with E-state index in [0.717, 1.165) is 0 Å². The molecular weight excluding hydrogens is 248 g/mol. The molecule has 0 aliphatic rings. The van der Waals surface area contributed by atoms with Crippen molar-refractivity contribution in [1.82, 2.24) is 4.98 Å². The van der Waals surface area contributed by atoms with E-state index in [1.54, 1.807) is 12.1 Å². The van der Waals surface area contributed by atoms with Crippen LogP contribution in [-0.4, -0.2) is 15.8 Å². The van der Waals surface area contributed by atoms with E-state index in [4.69, 9.17) is 5.73 Å². The number of primary amides is 1. The first-order valence-corrected chi connectivity index (χ1v) is 5.33. The smallest absolute Gasteiger partial charge is 0.295 e. The third-order valence-electron chi connectivity index (χ3n) is 2.44. The minimum atomic E-state index is -0.529. The van der Waals surface area contributed by atoms with Crippen LogP contribution in [0.15, 0.2) is 42.7 Å². The molecule has 2 aromatic rings. The number of carbonyl (C=O) groups excluding carboxylic acids is 1. The lowest BCUT2D eigenvalue weighted by Crippen LogP contribution is -2.10. The van der Waals surface area contributed by atoms with Crippen LogP contribution in [0.3, 0.4) is 0 Å². The molecule has 1 aromatic heterocycles. The van der Waals surface area contributed by atoms with Crippen LogP contribution < -0.4 is 11.1 Å². The lowest BCUT2D eigenvalue weighted by Gasteiger charge is -2.06. The molecule has 0 fully saturated rings. The summed E-state index contributed by atoms with van der Waals surface area (Å²) < 4.78 is 0. The lowest BCUT2D eigenvalue weighted by molar-refractivity contribution is -0.384. The van der Waals surface area contributed by atoms with E-state index >= 15 is 0 Å². The van der Waals surface area contributed by atoms with E-state index < -0.39 is 10.8 Å². The van der Waals surface area contributed by atoms with Gasteiger partial charge in [-0.1, -0.05) is 0 Å². The first-order chi connectivity index (χ1) is 9.08. The summed E-state index contributed by atoms with van der Waals surface area (Å²) in [5.74, 6) is -0.529. The summed E-state index contributed by atoms with van der Waals surface area (Å²) in [5, 5.41) is 13.7. The minimum absolute atomic E-state index is 0.0750. The Morgan fingerprint density at radius 2 is 1.95 bits per heavy atom. The molecule has 1 heterocycles. The summed E-state index contributed by atoms with van der Waals surface area (Å²) in [6, 6.07) is 7.59. The number of pyridine rings is 1. The van der Waals surface area contributed by atoms with Gasteiger partial charge in [0.05, 0.1) is 11.1 Å². The fourth-order valence-corrected chi connectivity index (χ4v) is 1.52. The van der Waals surface area contributed by atoms with Gasteiger partial charge in [0.2, 0.25) is 5.91 Å². The molecule has 0 bridgehead atoms. The van der Waals surface area contributed by atoms with Gasteiger partial charge in [0.15, 0.2) is 0 Å². The molecule has 96 valence electrons. The Morgan fingerprint density at radius 1 is 1.26 bits per heavy atom. The zero-order valence-corrected chi connectivity index (χ0v) is 9.74. The molecule has 1 aromatic carbocycles. The molecule has 0 radical (unpaired) electrons. The van der Waals surface area contributed by atoms with Crippen molar-refractivity contribution >= 4 is 23.0 Å². The molecule has 0 aliphatic heterocycles. The van der Waals surface area contributed by atoms with Crippen LogP contribution in [0.25, 0.3) is 0 Å². The van der Waals surface area contributed by atoms with Gasteiger partial charge in [-0.05, 0) is 24.3 Å². The predicted octanol–water partition coefficient (Wildman–Crippen LogP) is 1.83. The Morgan fingerprint density at radius 3 is 2.53 bits per heavy atom. The van der Waals surface area contributed by atoms with Gasteiger partial charge >= 0.3 is 0 Å². The number of amides is 1. The topological polar surface area (TPSA) is 111 Å². The number of nitrogens with one attached hydrogen (secondary N) is 1. The highest BCUT2D eigenvalue weighted by molar-refractivity contribution is 5.93. The molecule has 19 heavy (non-hydrogen) atoms. The minimum Gasteiger partial charge on any atom is -0.366 e. The quantitative estimate of drug-likeness (QED) is 0.641. The number of hydrogen-bond acceptors (Lipinski definition) is 5. The fourth-order valence-electron chi connectivity index (χ4n) is 1.52. The normalized spacial score (nSPS) is 9.89. The average Bonchev–Trinajstić information content (AvgIpc) is 2.39. The van der Waals surface area contributed by atoms with E-state index in [-0.39, 0.29) is 11.4 Å². The summed E-state index contributed by atoms with van der Waals surface area (Å²) in [6.07, 6.45) is 2.71. The van der Waals surface area contributed by atoms with Crippen LogP contribution in [0.4, 0.5) is 17.1 Å². The molecule has 2 rings (SSSR count). The number of nitro groups is 1. The van der Waals surface area contributed by atoms with Gasteiger partial charge in [-0.15, -0.1) is 0 Å². The average molecular weight is 258 g/mol. The summed E-state index contributed by atoms with van der Waals surface area (Å²) in [6.45, 7) is 0. The van der Waals surface area contributed by atoms with Crippen molar-refractivity contribution in [2.24, 2.45) is 5.73 Å². The van der Waals surface area contributed by atoms with E-state index in [1.807, 2.05) is 0 Å². The summed E-state index contributed by atoms with van der Waals surface area (Å²) in [4.78, 5) is 25.1. The Kier molecular flexibility index (Phi) is 3.37. The number of nitrogens with zero attached hydrogens (tertiary/aromatic N) is 2. The van der Waals surface area contributed by atoms with Gasteiger partial charge in [-0.2, -0.15) is 0 Å². The van der Waals surface area contributed by atoms with Gasteiger partial charge in [0.1, 0.15) is 5.69 Å². The highest BCUT2D eigenvalue weighted by Crippen LogP contribution is 2.25. The lowest BCUT2D eigenvalue weighted by atomic mass is 10.2. The molecule has 0 unspecified atom stereocenters. The Labute approximate surface area is 108 Å². The van der Waals surface area contributed by atoms with Crippen molar-refractivity contribution < 1.29 is 9.72 Å². The fraction of sp³-hybridized carbons (Fsp3) is 0. The summed E-state index contributed by atoms with van der Waals surface area (Å²) >= 11 is 0. The molecule has 3 N–H and O–H groups in total. The molecule has 0 atom stereocenters. The molecular formula is C12H10N4O3. The Hall–Kier alpha value is -2.96. The van der Waals surface area contributed by atoms with Crippen molar-refractivity contribution in [3.05, 3.63) is 58.4 Å². The first kappa shape index (κ1) is 12.5. The van der Waals surface area contributed by atoms with Gasteiger partial charge in [0, 0.05) is 23.5 Å². The maximum absolute atomic E-state index is 10.9. The number of anilines is 2. The van der Waals surface area contributed by atoms with Gasteiger partial charge in [-0.3, -0.25) is 19.9 Å². The maximum atomic E-state index is 10.9. The number of rotatable bonds is 4. The second-order valence-corrected chi connectivity index (χ2v) is 3.72. The second kappa shape index (κ2) is 5.13. The molecule has 1 amide bonds. The number of carbonyl (C=O) groups is 1. The standard InChI is InChI=1S/C12H10N4O3/c13-12(17)8-1-3-9(4-2-8)15-10-7-14-6-5-11(10)16(18)19/h1-7,15H,(H2,13,17). The van der Waals surface area contributed by atoms with E-state index in [9.17, 15) is 14.9 Å². The van der Waals surface area contributed by atoms with Gasteiger partial charge in [-0.25, -0.2) is 0 Å². The Bertz CT molecular complexity index is 625. The van der Waals surface area contributed by atoms with Crippen LogP contribution in [-0.2, 0) is 0 Å². The number of nitrogens with two attached hydrogens (primary N) is 1. The third kappa shape index (κ3) is 2.83. The zero-order chi connectivity index (χ0) is 13.8. The monoisotopic (exact) mass is 258 g/mol. The summed E-state index contributed by atoms with van der Waals surface area (Å²) in [7, 11) is 0.